The molecule has 26 heavy (non-hydrogen) atoms. The van der Waals surface area contributed by atoms with E-state index in [0.717, 1.165) is 5.56 Å². The van der Waals surface area contributed by atoms with Gasteiger partial charge in [0.1, 0.15) is 0 Å². The Hall–Kier alpha value is -2.15. The molecule has 1 aliphatic heterocycles. The molecule has 144 valence electrons. The van der Waals surface area contributed by atoms with Gasteiger partial charge in [0, 0.05) is 19.6 Å². The maximum Gasteiger partial charge on any atom is 0.317 e. The van der Waals surface area contributed by atoms with Crippen LogP contribution < -0.4 is 14.8 Å². The summed E-state index contributed by atoms with van der Waals surface area (Å²) in [5, 5.41) is 12.5. The highest BCUT2D eigenvalue weighted by atomic mass is 35.5. The van der Waals surface area contributed by atoms with E-state index in [2.05, 4.69) is 5.32 Å². The van der Waals surface area contributed by atoms with Gasteiger partial charge in [0.15, 0.2) is 11.5 Å². The number of nitrogens with zero attached hydrogens (tertiary/aromatic N) is 1. The smallest absolute Gasteiger partial charge is 0.317 e. The van der Waals surface area contributed by atoms with Crippen molar-refractivity contribution in [2.24, 2.45) is 11.8 Å². The van der Waals surface area contributed by atoms with E-state index in [1.54, 1.807) is 11.0 Å². The van der Waals surface area contributed by atoms with Crippen LogP contribution in [0.15, 0.2) is 12.1 Å². The van der Waals surface area contributed by atoms with Crippen LogP contribution in [0.2, 0.25) is 5.02 Å². The number of aliphatic carboxylic acids is 1. The molecule has 0 spiro atoms. The topological polar surface area (TPSA) is 88.1 Å². The van der Waals surface area contributed by atoms with Crippen LogP contribution in [-0.4, -0.2) is 55.9 Å². The third-order valence-corrected chi connectivity index (χ3v) is 4.95. The van der Waals surface area contributed by atoms with Crippen LogP contribution in [0.5, 0.6) is 11.5 Å². The van der Waals surface area contributed by atoms with Crippen LogP contribution in [-0.2, 0) is 11.2 Å². The van der Waals surface area contributed by atoms with Gasteiger partial charge in [0.05, 0.1) is 25.2 Å². The van der Waals surface area contributed by atoms with E-state index in [-0.39, 0.29) is 18.5 Å². The lowest BCUT2D eigenvalue weighted by molar-refractivity contribution is -0.143. The van der Waals surface area contributed by atoms with Gasteiger partial charge < -0.3 is 24.8 Å². The number of benzene rings is 1. The van der Waals surface area contributed by atoms with Crippen LogP contribution >= 0.6 is 11.6 Å². The van der Waals surface area contributed by atoms with E-state index >= 15 is 0 Å². The lowest BCUT2D eigenvalue weighted by Gasteiger charge is -2.34. The molecule has 2 N–H and O–H groups in total. The summed E-state index contributed by atoms with van der Waals surface area (Å²) in [4.78, 5) is 25.1. The fraction of sp³-hybridized carbons (Fsp3) is 0.556. The molecule has 8 heteroatoms. The Morgan fingerprint density at radius 2 is 2.04 bits per heavy atom. The molecule has 1 saturated heterocycles. The molecule has 1 heterocycles. The summed E-state index contributed by atoms with van der Waals surface area (Å²) in [5.41, 5.74) is 0.833. The molecule has 2 amide bonds. The maximum atomic E-state index is 12.4. The number of carbonyl (C=O) groups is 2. The molecule has 1 aromatic carbocycles. The average Bonchev–Trinajstić information content (AvgIpc) is 2.61. The van der Waals surface area contributed by atoms with E-state index in [4.69, 9.17) is 21.1 Å². The first-order valence-electron chi connectivity index (χ1n) is 8.52. The van der Waals surface area contributed by atoms with Crippen molar-refractivity contribution >= 4 is 23.6 Å². The van der Waals surface area contributed by atoms with Crippen molar-refractivity contribution in [3.63, 3.8) is 0 Å². The minimum Gasteiger partial charge on any atom is -0.493 e. The van der Waals surface area contributed by atoms with E-state index in [0.29, 0.717) is 42.5 Å². The van der Waals surface area contributed by atoms with E-state index in [9.17, 15) is 14.7 Å². The zero-order valence-corrected chi connectivity index (χ0v) is 16.0. The first-order chi connectivity index (χ1) is 12.4. The second-order valence-corrected chi connectivity index (χ2v) is 6.92. The Bertz CT molecular complexity index is 667. The molecule has 0 aromatic heterocycles. The van der Waals surface area contributed by atoms with Gasteiger partial charge >= 0.3 is 12.0 Å². The van der Waals surface area contributed by atoms with E-state index < -0.39 is 11.9 Å². The molecule has 2 unspecified atom stereocenters. The first kappa shape index (κ1) is 20.2. The third kappa shape index (κ3) is 4.72. The highest BCUT2D eigenvalue weighted by Gasteiger charge is 2.31. The Morgan fingerprint density at radius 3 is 2.65 bits per heavy atom. The summed E-state index contributed by atoms with van der Waals surface area (Å²) in [7, 11) is 3.06. The minimum atomic E-state index is -0.855. The number of amides is 2. The van der Waals surface area contributed by atoms with Crippen molar-refractivity contribution in [2.45, 2.75) is 19.8 Å². The van der Waals surface area contributed by atoms with Gasteiger partial charge in [0.2, 0.25) is 0 Å². The molecule has 0 saturated carbocycles. The Balaban J connectivity index is 1.93. The third-order valence-electron chi connectivity index (χ3n) is 4.53. The number of carbonyl (C=O) groups excluding carboxylic acids is 1. The van der Waals surface area contributed by atoms with Gasteiger partial charge in [-0.3, -0.25) is 4.79 Å². The van der Waals surface area contributed by atoms with Gasteiger partial charge in [0.25, 0.3) is 0 Å². The Kier molecular flexibility index (Phi) is 6.97. The number of methoxy groups -OCH3 is 2. The van der Waals surface area contributed by atoms with Gasteiger partial charge in [-0.1, -0.05) is 24.6 Å². The van der Waals surface area contributed by atoms with Crippen LogP contribution in [0.3, 0.4) is 0 Å². The van der Waals surface area contributed by atoms with Crippen molar-refractivity contribution in [2.75, 3.05) is 33.9 Å². The SMILES string of the molecule is COc1ccc(CCNC(=O)N2CC(C)CC(C(=O)O)C2)c(Cl)c1OC. The zero-order valence-electron chi connectivity index (χ0n) is 15.3. The summed E-state index contributed by atoms with van der Waals surface area (Å²) in [5.74, 6) is -0.188. The van der Waals surface area contributed by atoms with Crippen molar-refractivity contribution in [3.05, 3.63) is 22.7 Å². The number of nitrogens with one attached hydrogen (secondary N) is 1. The standard InChI is InChI=1S/C18H25ClN2O5/c1-11-8-13(17(22)23)10-21(9-11)18(24)20-7-6-12-4-5-14(25-2)16(26-3)15(12)19/h4-5,11,13H,6-10H2,1-3H3,(H,20,24)(H,22,23). The summed E-state index contributed by atoms with van der Waals surface area (Å²) in [6, 6.07) is 3.35. The fourth-order valence-corrected chi connectivity index (χ4v) is 3.56. The lowest BCUT2D eigenvalue weighted by Crippen LogP contribution is -2.49. The predicted octanol–water partition coefficient (Wildman–Crippen LogP) is 2.65. The largest absolute Gasteiger partial charge is 0.493 e. The average molecular weight is 385 g/mol. The summed E-state index contributed by atoms with van der Waals surface area (Å²) < 4.78 is 10.5. The maximum absolute atomic E-state index is 12.4. The number of urea groups is 1. The number of hydrogen-bond acceptors (Lipinski definition) is 4. The zero-order chi connectivity index (χ0) is 19.3. The number of likely N-dealkylation sites (tertiary alicyclic amines) is 1. The van der Waals surface area contributed by atoms with Gasteiger partial charge in [-0.15, -0.1) is 0 Å². The number of rotatable bonds is 6. The molecule has 0 radical (unpaired) electrons. The quantitative estimate of drug-likeness (QED) is 0.787. The number of carboxylic acid groups (broad SMARTS) is 1. The highest BCUT2D eigenvalue weighted by molar-refractivity contribution is 6.33. The molecule has 1 aromatic rings. The molecule has 1 aliphatic rings. The summed E-state index contributed by atoms with van der Waals surface area (Å²) >= 11 is 6.34. The van der Waals surface area contributed by atoms with Crippen molar-refractivity contribution < 1.29 is 24.2 Å². The second kappa shape index (κ2) is 8.98. The molecule has 7 nitrogen and oxygen atoms in total. The number of piperidine rings is 1. The normalized spacial score (nSPS) is 19.8. The highest BCUT2D eigenvalue weighted by Crippen LogP contribution is 2.37. The van der Waals surface area contributed by atoms with Crippen LogP contribution in [0.25, 0.3) is 0 Å². The van der Waals surface area contributed by atoms with Crippen molar-refractivity contribution in [1.29, 1.82) is 0 Å². The predicted molar refractivity (Wildman–Crippen MR) is 98.1 cm³/mol. The molecular formula is C18H25ClN2O5. The van der Waals surface area contributed by atoms with Gasteiger partial charge in [-0.05, 0) is 30.4 Å². The minimum absolute atomic E-state index is 0.163. The summed E-state index contributed by atoms with van der Waals surface area (Å²) in [6.07, 6.45) is 1.12. The first-order valence-corrected chi connectivity index (χ1v) is 8.90. The number of halogens is 1. The monoisotopic (exact) mass is 384 g/mol. The van der Waals surface area contributed by atoms with E-state index in [1.165, 1.54) is 14.2 Å². The second-order valence-electron chi connectivity index (χ2n) is 6.54. The molecule has 0 bridgehead atoms. The van der Waals surface area contributed by atoms with Gasteiger partial charge in [-0.25, -0.2) is 4.79 Å². The summed E-state index contributed by atoms with van der Waals surface area (Å²) in [6.45, 7) is 3.14. The fourth-order valence-electron chi connectivity index (χ4n) is 3.24. The van der Waals surface area contributed by atoms with E-state index in [1.807, 2.05) is 13.0 Å². The molecule has 2 atom stereocenters. The number of carboxylic acids is 1. The van der Waals surface area contributed by atoms with Crippen molar-refractivity contribution in [1.82, 2.24) is 10.2 Å². The van der Waals surface area contributed by atoms with Crippen LogP contribution in [0, 0.1) is 11.8 Å². The number of hydrogen-bond donors (Lipinski definition) is 2. The Morgan fingerprint density at radius 1 is 1.31 bits per heavy atom. The lowest BCUT2D eigenvalue weighted by atomic mass is 9.91. The number of ether oxygens (including phenoxy) is 2. The molecule has 0 aliphatic carbocycles. The molecular weight excluding hydrogens is 360 g/mol. The van der Waals surface area contributed by atoms with Crippen LogP contribution in [0.1, 0.15) is 18.9 Å². The molecule has 2 rings (SSSR count). The Labute approximate surface area is 158 Å². The van der Waals surface area contributed by atoms with Crippen molar-refractivity contribution in [3.8, 4) is 11.5 Å². The molecule has 1 fully saturated rings. The van der Waals surface area contributed by atoms with Gasteiger partial charge in [-0.2, -0.15) is 0 Å². The van der Waals surface area contributed by atoms with Crippen LogP contribution in [0.4, 0.5) is 4.79 Å².